The number of benzene rings is 1. The van der Waals surface area contributed by atoms with Gasteiger partial charge in [0.2, 0.25) is 0 Å². The normalized spacial score (nSPS) is 11.6. The molecule has 0 aromatic heterocycles. The van der Waals surface area contributed by atoms with Crippen molar-refractivity contribution in [3.63, 3.8) is 0 Å². The summed E-state index contributed by atoms with van der Waals surface area (Å²) in [6.45, 7) is 7.37. The van der Waals surface area contributed by atoms with Crippen LogP contribution in [0.2, 0.25) is 0 Å². The second kappa shape index (κ2) is 7.12. The zero-order valence-corrected chi connectivity index (χ0v) is 8.95. The molecular formula is C12H16F2O. The second-order valence-electron chi connectivity index (χ2n) is 2.65. The van der Waals surface area contributed by atoms with Gasteiger partial charge in [-0.3, -0.25) is 0 Å². The van der Waals surface area contributed by atoms with Crippen LogP contribution in [-0.2, 0) is 0 Å². The molecule has 84 valence electrons. The lowest BCUT2D eigenvalue weighted by Crippen LogP contribution is -1.94. The Morgan fingerprint density at radius 2 is 1.80 bits per heavy atom. The molecule has 0 aliphatic heterocycles. The van der Waals surface area contributed by atoms with E-state index < -0.39 is 12.5 Å². The van der Waals surface area contributed by atoms with E-state index in [1.54, 1.807) is 6.07 Å². The van der Waals surface area contributed by atoms with Crippen LogP contribution < -0.4 is 0 Å². The number of hydrogen-bond donors (Lipinski definition) is 1. The topological polar surface area (TPSA) is 20.2 Å². The molecule has 3 heteroatoms. The highest BCUT2D eigenvalue weighted by Crippen LogP contribution is 2.22. The molecule has 15 heavy (non-hydrogen) atoms. The molecule has 0 radical (unpaired) electrons. The van der Waals surface area contributed by atoms with Gasteiger partial charge in [0.15, 0.2) is 0 Å². The zero-order valence-electron chi connectivity index (χ0n) is 8.95. The second-order valence-corrected chi connectivity index (χ2v) is 2.65. The summed E-state index contributed by atoms with van der Waals surface area (Å²) < 4.78 is 24.4. The number of alkyl halides is 2. The first-order valence-corrected chi connectivity index (χ1v) is 4.83. The van der Waals surface area contributed by atoms with E-state index >= 15 is 0 Å². The molecule has 0 fully saturated rings. The van der Waals surface area contributed by atoms with Crippen molar-refractivity contribution in [2.45, 2.75) is 26.4 Å². The average molecular weight is 214 g/mol. The number of rotatable bonds is 3. The van der Waals surface area contributed by atoms with Gasteiger partial charge >= 0.3 is 0 Å². The first kappa shape index (κ1) is 13.8. The summed E-state index contributed by atoms with van der Waals surface area (Å²) >= 11 is 0. The maximum Gasteiger partial charge on any atom is 0.263 e. The van der Waals surface area contributed by atoms with Crippen LogP contribution in [0.25, 0.3) is 0 Å². The first-order chi connectivity index (χ1) is 7.15. The van der Waals surface area contributed by atoms with Crippen molar-refractivity contribution in [1.29, 1.82) is 0 Å². The Morgan fingerprint density at radius 1 is 1.27 bits per heavy atom. The fourth-order valence-electron chi connectivity index (χ4n) is 1.01. The molecule has 1 N–H and O–H groups in total. The van der Waals surface area contributed by atoms with Gasteiger partial charge in [-0.15, -0.1) is 6.58 Å². The summed E-state index contributed by atoms with van der Waals surface area (Å²) in [6, 6.07) is 5.67. The fourth-order valence-corrected chi connectivity index (χ4v) is 1.01. The summed E-state index contributed by atoms with van der Waals surface area (Å²) in [5, 5.41) is 9.27. The van der Waals surface area contributed by atoms with E-state index in [4.69, 9.17) is 0 Å². The zero-order chi connectivity index (χ0) is 11.8. The SMILES string of the molecule is C=CC(O)c1cccc(C(F)F)c1.CC. The molecule has 1 rings (SSSR count). The van der Waals surface area contributed by atoms with Crippen LogP contribution in [0.5, 0.6) is 0 Å². The molecule has 0 aliphatic rings. The molecule has 0 amide bonds. The Morgan fingerprint density at radius 3 is 2.27 bits per heavy atom. The standard InChI is InChI=1S/C10H10F2O.C2H6/c1-2-9(13)7-4-3-5-8(6-7)10(11)12;1-2/h2-6,9-10,13H,1H2;1-2H3. The predicted molar refractivity (Wildman–Crippen MR) is 57.9 cm³/mol. The van der Waals surface area contributed by atoms with E-state index in [0.29, 0.717) is 5.56 Å². The van der Waals surface area contributed by atoms with Crippen molar-refractivity contribution in [2.24, 2.45) is 0 Å². The van der Waals surface area contributed by atoms with Crippen molar-refractivity contribution in [1.82, 2.24) is 0 Å². The van der Waals surface area contributed by atoms with Crippen molar-refractivity contribution in [3.05, 3.63) is 48.0 Å². The molecule has 1 unspecified atom stereocenters. The van der Waals surface area contributed by atoms with E-state index in [0.717, 1.165) is 0 Å². The van der Waals surface area contributed by atoms with Crippen molar-refractivity contribution >= 4 is 0 Å². The van der Waals surface area contributed by atoms with Crippen LogP contribution in [0.15, 0.2) is 36.9 Å². The number of halogens is 2. The molecule has 0 aliphatic carbocycles. The molecule has 0 saturated heterocycles. The van der Waals surface area contributed by atoms with Crippen molar-refractivity contribution in [2.75, 3.05) is 0 Å². The molecule has 0 heterocycles. The molecule has 1 nitrogen and oxygen atoms in total. The summed E-state index contributed by atoms with van der Waals surface area (Å²) in [7, 11) is 0. The molecule has 1 aromatic carbocycles. The number of aliphatic hydroxyl groups excluding tert-OH is 1. The summed E-state index contributed by atoms with van der Waals surface area (Å²) in [6.07, 6.45) is -2.08. The highest BCUT2D eigenvalue weighted by atomic mass is 19.3. The molecule has 1 aromatic rings. The summed E-state index contributed by atoms with van der Waals surface area (Å²) in [5.41, 5.74) is 0.353. The van der Waals surface area contributed by atoms with Gasteiger partial charge in [-0.05, 0) is 11.6 Å². The third kappa shape index (κ3) is 4.21. The quantitative estimate of drug-likeness (QED) is 0.757. The van der Waals surface area contributed by atoms with Gasteiger partial charge in [0, 0.05) is 5.56 Å². The lowest BCUT2D eigenvalue weighted by Gasteiger charge is -2.07. The van der Waals surface area contributed by atoms with Gasteiger partial charge in [0.25, 0.3) is 6.43 Å². The minimum absolute atomic E-state index is 0.0848. The Kier molecular flexibility index (Phi) is 6.54. The van der Waals surface area contributed by atoms with Crippen LogP contribution in [0.1, 0.15) is 37.5 Å². The monoisotopic (exact) mass is 214 g/mol. The van der Waals surface area contributed by atoms with Gasteiger partial charge in [0.1, 0.15) is 0 Å². The Bertz CT molecular complexity index is 297. The van der Waals surface area contributed by atoms with Gasteiger partial charge in [0.05, 0.1) is 6.10 Å². The van der Waals surface area contributed by atoms with E-state index in [9.17, 15) is 13.9 Å². The molecule has 1 atom stereocenters. The van der Waals surface area contributed by atoms with E-state index in [-0.39, 0.29) is 5.56 Å². The highest BCUT2D eigenvalue weighted by Gasteiger charge is 2.09. The van der Waals surface area contributed by atoms with Crippen LogP contribution in [0.4, 0.5) is 8.78 Å². The molecule has 0 spiro atoms. The largest absolute Gasteiger partial charge is 0.384 e. The lowest BCUT2D eigenvalue weighted by atomic mass is 10.1. The van der Waals surface area contributed by atoms with Crippen LogP contribution in [-0.4, -0.2) is 5.11 Å². The fraction of sp³-hybridized carbons (Fsp3) is 0.333. The van der Waals surface area contributed by atoms with Crippen LogP contribution in [0, 0.1) is 0 Å². The van der Waals surface area contributed by atoms with Gasteiger partial charge in [-0.2, -0.15) is 0 Å². The molecule has 0 bridgehead atoms. The first-order valence-electron chi connectivity index (χ1n) is 4.83. The third-order valence-electron chi connectivity index (χ3n) is 1.73. The van der Waals surface area contributed by atoms with Gasteiger partial charge in [-0.25, -0.2) is 8.78 Å². The van der Waals surface area contributed by atoms with E-state index in [1.165, 1.54) is 24.3 Å². The summed E-state index contributed by atoms with van der Waals surface area (Å²) in [4.78, 5) is 0. The Labute approximate surface area is 89.1 Å². The lowest BCUT2D eigenvalue weighted by molar-refractivity contribution is 0.151. The van der Waals surface area contributed by atoms with Crippen LogP contribution in [0.3, 0.4) is 0 Å². The van der Waals surface area contributed by atoms with Gasteiger partial charge in [-0.1, -0.05) is 38.1 Å². The number of hydrogen-bond acceptors (Lipinski definition) is 1. The van der Waals surface area contributed by atoms with E-state index in [2.05, 4.69) is 6.58 Å². The maximum absolute atomic E-state index is 12.2. The average Bonchev–Trinajstić information content (AvgIpc) is 2.30. The number of aliphatic hydroxyl groups is 1. The highest BCUT2D eigenvalue weighted by molar-refractivity contribution is 5.27. The van der Waals surface area contributed by atoms with Crippen molar-refractivity contribution in [3.8, 4) is 0 Å². The van der Waals surface area contributed by atoms with Crippen LogP contribution >= 0.6 is 0 Å². The maximum atomic E-state index is 12.2. The molecule has 0 saturated carbocycles. The Balaban J connectivity index is 0.000000921. The third-order valence-corrected chi connectivity index (χ3v) is 1.73. The van der Waals surface area contributed by atoms with E-state index in [1.807, 2.05) is 13.8 Å². The minimum atomic E-state index is -2.50. The van der Waals surface area contributed by atoms with Crippen molar-refractivity contribution < 1.29 is 13.9 Å². The Hall–Kier alpha value is -1.22. The smallest absolute Gasteiger partial charge is 0.263 e. The van der Waals surface area contributed by atoms with Gasteiger partial charge < -0.3 is 5.11 Å². The molecular weight excluding hydrogens is 198 g/mol. The minimum Gasteiger partial charge on any atom is -0.384 e. The summed E-state index contributed by atoms with van der Waals surface area (Å²) in [5.74, 6) is 0. The predicted octanol–water partition coefficient (Wildman–Crippen LogP) is 3.87.